The van der Waals surface area contributed by atoms with Crippen LogP contribution >= 0.6 is 0 Å². The number of benzene rings is 2. The van der Waals surface area contributed by atoms with Gasteiger partial charge in [-0.1, -0.05) is 31.4 Å². The standard InChI is InChI=1S/C22H27N3O5S/c1-24(2)21-12-11-18(25(27)28)14-20(21)22(26)23-17-8-6-7-16(13-17)15-31(29,30)19-9-4-3-5-10-19/h6-8,11-14,19H,3-5,9-10,15H2,1-2H3,(H,23,26). The first-order chi connectivity index (χ1) is 14.7. The van der Waals surface area contributed by atoms with Gasteiger partial charge in [0.15, 0.2) is 9.84 Å². The average molecular weight is 446 g/mol. The summed E-state index contributed by atoms with van der Waals surface area (Å²) in [6.45, 7) is 0. The Hall–Kier alpha value is -2.94. The van der Waals surface area contributed by atoms with E-state index in [1.807, 2.05) is 0 Å². The van der Waals surface area contributed by atoms with Gasteiger partial charge in [0.05, 0.1) is 21.5 Å². The number of anilines is 2. The van der Waals surface area contributed by atoms with E-state index in [1.165, 1.54) is 18.2 Å². The minimum Gasteiger partial charge on any atom is -0.377 e. The van der Waals surface area contributed by atoms with Crippen LogP contribution in [0.4, 0.5) is 17.1 Å². The van der Waals surface area contributed by atoms with Gasteiger partial charge in [-0.3, -0.25) is 14.9 Å². The molecule has 0 radical (unpaired) electrons. The Balaban J connectivity index is 1.80. The van der Waals surface area contributed by atoms with Crippen molar-refractivity contribution in [3.05, 3.63) is 63.7 Å². The van der Waals surface area contributed by atoms with E-state index >= 15 is 0 Å². The second-order valence-electron chi connectivity index (χ2n) is 8.07. The molecule has 1 aliphatic rings. The van der Waals surface area contributed by atoms with Gasteiger partial charge >= 0.3 is 0 Å². The molecule has 1 amide bonds. The quantitative estimate of drug-likeness (QED) is 0.506. The Morgan fingerprint density at radius 1 is 1.13 bits per heavy atom. The predicted octanol–water partition coefficient (Wildman–Crippen LogP) is 4.16. The zero-order valence-electron chi connectivity index (χ0n) is 17.7. The van der Waals surface area contributed by atoms with Crippen LogP contribution in [0.5, 0.6) is 0 Å². The minimum absolute atomic E-state index is 0.0683. The van der Waals surface area contributed by atoms with Crippen molar-refractivity contribution in [1.82, 2.24) is 0 Å². The number of hydrogen-bond acceptors (Lipinski definition) is 6. The van der Waals surface area contributed by atoms with Crippen molar-refractivity contribution in [3.8, 4) is 0 Å². The molecule has 1 aliphatic carbocycles. The summed E-state index contributed by atoms with van der Waals surface area (Å²) in [6.07, 6.45) is 4.38. The van der Waals surface area contributed by atoms with Crippen molar-refractivity contribution in [1.29, 1.82) is 0 Å². The highest BCUT2D eigenvalue weighted by Gasteiger charge is 2.27. The Morgan fingerprint density at radius 3 is 2.48 bits per heavy atom. The molecule has 0 spiro atoms. The van der Waals surface area contributed by atoms with E-state index in [2.05, 4.69) is 5.32 Å². The molecular formula is C22H27N3O5S. The number of nitrogens with one attached hydrogen (secondary N) is 1. The van der Waals surface area contributed by atoms with Gasteiger partial charge in [-0.05, 0) is 36.6 Å². The number of nitrogens with zero attached hydrogens (tertiary/aromatic N) is 2. The van der Waals surface area contributed by atoms with Gasteiger partial charge in [-0.15, -0.1) is 0 Å². The number of amides is 1. The third-order valence-electron chi connectivity index (χ3n) is 5.53. The molecule has 2 aromatic rings. The van der Waals surface area contributed by atoms with Gasteiger partial charge in [-0.2, -0.15) is 0 Å². The summed E-state index contributed by atoms with van der Waals surface area (Å²) in [6, 6.07) is 10.9. The van der Waals surface area contributed by atoms with Crippen LogP contribution in [0.1, 0.15) is 48.0 Å². The van der Waals surface area contributed by atoms with E-state index in [-0.39, 0.29) is 22.3 Å². The largest absolute Gasteiger partial charge is 0.377 e. The fourth-order valence-electron chi connectivity index (χ4n) is 3.92. The third-order valence-corrected chi connectivity index (χ3v) is 7.75. The summed E-state index contributed by atoms with van der Waals surface area (Å²) in [4.78, 5) is 25.2. The second kappa shape index (κ2) is 9.47. The molecule has 31 heavy (non-hydrogen) atoms. The molecule has 8 nitrogen and oxygen atoms in total. The Labute approximate surface area is 182 Å². The van der Waals surface area contributed by atoms with Crippen LogP contribution in [0.15, 0.2) is 42.5 Å². The van der Waals surface area contributed by atoms with Crippen LogP contribution in [0.3, 0.4) is 0 Å². The number of sulfone groups is 1. The minimum atomic E-state index is -3.26. The molecule has 0 aliphatic heterocycles. The molecule has 1 N–H and O–H groups in total. The smallest absolute Gasteiger partial charge is 0.270 e. The number of carbonyl (C=O) groups excluding carboxylic acids is 1. The van der Waals surface area contributed by atoms with Crippen LogP contribution in [0.25, 0.3) is 0 Å². The summed E-state index contributed by atoms with van der Waals surface area (Å²) in [5, 5.41) is 13.6. The van der Waals surface area contributed by atoms with Gasteiger partial charge in [0.1, 0.15) is 0 Å². The molecule has 3 rings (SSSR count). The van der Waals surface area contributed by atoms with E-state index in [0.717, 1.165) is 19.3 Å². The lowest BCUT2D eigenvalue weighted by Crippen LogP contribution is -2.25. The average Bonchev–Trinajstić information content (AvgIpc) is 2.73. The summed E-state index contributed by atoms with van der Waals surface area (Å²) in [5.74, 6) is -0.569. The zero-order chi connectivity index (χ0) is 22.6. The zero-order valence-corrected chi connectivity index (χ0v) is 18.5. The molecular weight excluding hydrogens is 418 g/mol. The number of nitro groups is 1. The van der Waals surface area contributed by atoms with Crippen LogP contribution in [0.2, 0.25) is 0 Å². The SMILES string of the molecule is CN(C)c1ccc([N+](=O)[O-])cc1C(=O)Nc1cccc(CS(=O)(=O)C2CCCCC2)c1. The van der Waals surface area contributed by atoms with Crippen molar-refractivity contribution in [3.63, 3.8) is 0 Å². The monoisotopic (exact) mass is 445 g/mol. The van der Waals surface area contributed by atoms with Crippen LogP contribution < -0.4 is 10.2 Å². The molecule has 2 aromatic carbocycles. The number of non-ortho nitro benzene ring substituents is 1. The van der Waals surface area contributed by atoms with Gasteiger partial charge in [0.2, 0.25) is 0 Å². The molecule has 0 saturated heterocycles. The van der Waals surface area contributed by atoms with E-state index in [9.17, 15) is 23.3 Å². The van der Waals surface area contributed by atoms with Gasteiger partial charge in [0.25, 0.3) is 11.6 Å². The first kappa shape index (κ1) is 22.7. The Bertz CT molecular complexity index is 1080. The molecule has 0 atom stereocenters. The number of hydrogen-bond donors (Lipinski definition) is 1. The summed E-state index contributed by atoms with van der Waals surface area (Å²) >= 11 is 0. The molecule has 0 aromatic heterocycles. The fraction of sp³-hybridized carbons (Fsp3) is 0.409. The lowest BCUT2D eigenvalue weighted by atomic mass is 10.0. The number of carbonyl (C=O) groups is 1. The van der Waals surface area contributed by atoms with Crippen molar-refractivity contribution in [2.24, 2.45) is 0 Å². The van der Waals surface area contributed by atoms with E-state index in [1.54, 1.807) is 43.3 Å². The normalized spacial score (nSPS) is 14.8. The number of rotatable bonds is 7. The highest BCUT2D eigenvalue weighted by Crippen LogP contribution is 2.28. The van der Waals surface area contributed by atoms with E-state index < -0.39 is 20.7 Å². The lowest BCUT2D eigenvalue weighted by Gasteiger charge is -2.22. The maximum absolute atomic E-state index is 12.9. The van der Waals surface area contributed by atoms with Crippen LogP contribution in [-0.4, -0.2) is 38.6 Å². The summed E-state index contributed by atoms with van der Waals surface area (Å²) < 4.78 is 25.5. The highest BCUT2D eigenvalue weighted by atomic mass is 32.2. The van der Waals surface area contributed by atoms with Crippen molar-refractivity contribution >= 4 is 32.8 Å². The van der Waals surface area contributed by atoms with Crippen LogP contribution in [-0.2, 0) is 15.6 Å². The first-order valence-corrected chi connectivity index (χ1v) is 12.0. The highest BCUT2D eigenvalue weighted by molar-refractivity contribution is 7.91. The predicted molar refractivity (Wildman–Crippen MR) is 121 cm³/mol. The van der Waals surface area contributed by atoms with E-state index in [0.29, 0.717) is 29.8 Å². The molecule has 1 saturated carbocycles. The van der Waals surface area contributed by atoms with Crippen molar-refractivity contribution in [2.75, 3.05) is 24.3 Å². The molecule has 166 valence electrons. The van der Waals surface area contributed by atoms with Gasteiger partial charge in [0, 0.05) is 37.6 Å². The second-order valence-corrected chi connectivity index (χ2v) is 10.4. The van der Waals surface area contributed by atoms with Crippen molar-refractivity contribution < 1.29 is 18.1 Å². The molecule has 9 heteroatoms. The topological polar surface area (TPSA) is 110 Å². The molecule has 1 fully saturated rings. The van der Waals surface area contributed by atoms with Crippen molar-refractivity contribution in [2.45, 2.75) is 43.1 Å². The third kappa shape index (κ3) is 5.61. The fourth-order valence-corrected chi connectivity index (χ4v) is 5.85. The summed E-state index contributed by atoms with van der Waals surface area (Å²) in [7, 11) is 0.228. The Morgan fingerprint density at radius 2 is 1.84 bits per heavy atom. The molecule has 0 unspecified atom stereocenters. The molecule has 0 heterocycles. The van der Waals surface area contributed by atoms with E-state index in [4.69, 9.17) is 0 Å². The summed E-state index contributed by atoms with van der Waals surface area (Å²) in [5.41, 5.74) is 1.58. The van der Waals surface area contributed by atoms with Crippen LogP contribution in [0, 0.1) is 10.1 Å². The van der Waals surface area contributed by atoms with Gasteiger partial charge < -0.3 is 10.2 Å². The Kier molecular flexibility index (Phi) is 6.94. The maximum Gasteiger partial charge on any atom is 0.270 e. The number of nitro benzene ring substituents is 1. The lowest BCUT2D eigenvalue weighted by molar-refractivity contribution is -0.384. The molecule has 0 bridgehead atoms. The maximum atomic E-state index is 12.9. The van der Waals surface area contributed by atoms with Gasteiger partial charge in [-0.25, -0.2) is 8.42 Å². The first-order valence-electron chi connectivity index (χ1n) is 10.2.